The minimum atomic E-state index is -0.202. The molecule has 9 heteroatoms. The molecule has 1 aliphatic heterocycles. The summed E-state index contributed by atoms with van der Waals surface area (Å²) in [5, 5.41) is 2.04. The molecule has 0 bridgehead atoms. The van der Waals surface area contributed by atoms with Crippen LogP contribution in [0.4, 0.5) is 0 Å². The van der Waals surface area contributed by atoms with Gasteiger partial charge in [0.15, 0.2) is 0 Å². The second-order valence-corrected chi connectivity index (χ2v) is 8.60. The Morgan fingerprint density at radius 3 is 2.65 bits per heavy atom. The van der Waals surface area contributed by atoms with Crippen LogP contribution >= 0.6 is 23.2 Å². The summed E-state index contributed by atoms with van der Waals surface area (Å²) in [6.45, 7) is 3.13. The van der Waals surface area contributed by atoms with Crippen molar-refractivity contribution in [1.82, 2.24) is 23.6 Å². The summed E-state index contributed by atoms with van der Waals surface area (Å²) in [7, 11) is 1.91. The van der Waals surface area contributed by atoms with E-state index in [0.717, 1.165) is 22.2 Å². The zero-order valence-corrected chi connectivity index (χ0v) is 18.5. The first-order valence-electron chi connectivity index (χ1n) is 9.80. The number of imidazole rings is 1. The number of aromatic nitrogens is 4. The van der Waals surface area contributed by atoms with Crippen LogP contribution in [-0.2, 0) is 20.1 Å². The van der Waals surface area contributed by atoms with Gasteiger partial charge in [-0.1, -0.05) is 23.2 Å². The third kappa shape index (κ3) is 3.25. The molecule has 1 amide bonds. The predicted octanol–water partition coefficient (Wildman–Crippen LogP) is 3.80. The number of pyridine rings is 1. The maximum Gasteiger partial charge on any atom is 0.275 e. The fourth-order valence-electron chi connectivity index (χ4n) is 4.23. The zero-order valence-electron chi connectivity index (χ0n) is 17.0. The van der Waals surface area contributed by atoms with Crippen molar-refractivity contribution in [2.75, 3.05) is 6.54 Å². The van der Waals surface area contributed by atoms with E-state index in [4.69, 9.17) is 23.2 Å². The van der Waals surface area contributed by atoms with Gasteiger partial charge in [0.2, 0.25) is 0 Å². The number of carbonyl (C=O) groups excluding carboxylic acids is 1. The van der Waals surface area contributed by atoms with Crippen molar-refractivity contribution in [2.45, 2.75) is 20.0 Å². The standard InChI is InChI=1S/C22H19Cl2N5O2/c1-13-9-28(12-25-13)18-3-4-19-21(30)27(5-6-29(19)22(18)31)11-14-10-26(2)20-16(14)7-15(23)8-17(20)24/h3-4,7-10,12H,5-6,11H2,1-2H3. The molecular formula is C22H19Cl2N5O2. The van der Waals surface area contributed by atoms with Crippen molar-refractivity contribution >= 4 is 40.0 Å². The molecule has 0 unspecified atom stereocenters. The number of fused-ring (bicyclic) bond motifs is 2. The van der Waals surface area contributed by atoms with Crippen LogP contribution < -0.4 is 5.56 Å². The van der Waals surface area contributed by atoms with Crippen LogP contribution in [0.15, 0.2) is 47.8 Å². The quantitative estimate of drug-likeness (QED) is 0.471. The molecule has 0 saturated heterocycles. The van der Waals surface area contributed by atoms with Gasteiger partial charge in [0, 0.05) is 49.5 Å². The number of carbonyl (C=O) groups is 1. The highest BCUT2D eigenvalue weighted by atomic mass is 35.5. The molecule has 0 spiro atoms. The molecule has 5 rings (SSSR count). The maximum atomic E-state index is 13.2. The van der Waals surface area contributed by atoms with Crippen LogP contribution in [0.3, 0.4) is 0 Å². The Hall–Kier alpha value is -3.03. The predicted molar refractivity (Wildman–Crippen MR) is 120 cm³/mol. The molecule has 0 radical (unpaired) electrons. The number of hydrogen-bond acceptors (Lipinski definition) is 3. The van der Waals surface area contributed by atoms with Crippen molar-refractivity contribution in [1.29, 1.82) is 0 Å². The van der Waals surface area contributed by atoms with E-state index >= 15 is 0 Å². The Balaban J connectivity index is 1.49. The highest BCUT2D eigenvalue weighted by molar-refractivity contribution is 6.38. The molecule has 7 nitrogen and oxygen atoms in total. The summed E-state index contributed by atoms with van der Waals surface area (Å²) in [4.78, 5) is 32.1. The number of nitrogens with zero attached hydrogens (tertiary/aromatic N) is 5. The first-order chi connectivity index (χ1) is 14.8. The van der Waals surface area contributed by atoms with Crippen LogP contribution in [0.2, 0.25) is 10.0 Å². The molecular weight excluding hydrogens is 437 g/mol. The van der Waals surface area contributed by atoms with Gasteiger partial charge in [-0.3, -0.25) is 9.59 Å². The van der Waals surface area contributed by atoms with Gasteiger partial charge in [-0.2, -0.15) is 0 Å². The Morgan fingerprint density at radius 2 is 1.90 bits per heavy atom. The number of benzene rings is 1. The highest BCUT2D eigenvalue weighted by Gasteiger charge is 2.27. The van der Waals surface area contributed by atoms with E-state index in [1.54, 1.807) is 44.8 Å². The third-order valence-electron chi connectivity index (χ3n) is 5.68. The van der Waals surface area contributed by atoms with Crippen LogP contribution in [0.1, 0.15) is 21.7 Å². The second-order valence-electron chi connectivity index (χ2n) is 7.76. The highest BCUT2D eigenvalue weighted by Crippen LogP contribution is 2.32. The van der Waals surface area contributed by atoms with Crippen LogP contribution in [0.25, 0.3) is 16.6 Å². The largest absolute Gasteiger partial charge is 0.349 e. The van der Waals surface area contributed by atoms with Gasteiger partial charge in [0.25, 0.3) is 11.5 Å². The van der Waals surface area contributed by atoms with Gasteiger partial charge < -0.3 is 18.6 Å². The van der Waals surface area contributed by atoms with E-state index in [1.807, 2.05) is 30.8 Å². The van der Waals surface area contributed by atoms with Gasteiger partial charge in [-0.15, -0.1) is 0 Å². The average molecular weight is 456 g/mol. The topological polar surface area (TPSA) is 65.1 Å². The van der Waals surface area contributed by atoms with Crippen LogP contribution in [-0.4, -0.2) is 36.0 Å². The maximum absolute atomic E-state index is 13.2. The summed E-state index contributed by atoms with van der Waals surface area (Å²) in [5.74, 6) is -0.179. The lowest BCUT2D eigenvalue weighted by molar-refractivity contribution is 0.0687. The second kappa shape index (κ2) is 7.28. The van der Waals surface area contributed by atoms with Crippen molar-refractivity contribution in [3.8, 4) is 5.69 Å². The molecule has 0 saturated carbocycles. The van der Waals surface area contributed by atoms with E-state index in [9.17, 15) is 9.59 Å². The van der Waals surface area contributed by atoms with Crippen molar-refractivity contribution < 1.29 is 4.79 Å². The summed E-state index contributed by atoms with van der Waals surface area (Å²) in [6, 6.07) is 6.96. The zero-order chi connectivity index (χ0) is 21.9. The first-order valence-corrected chi connectivity index (χ1v) is 10.6. The summed E-state index contributed by atoms with van der Waals surface area (Å²) >= 11 is 12.6. The minimum Gasteiger partial charge on any atom is -0.349 e. The molecule has 1 aromatic carbocycles. The Bertz CT molecular complexity index is 1420. The van der Waals surface area contributed by atoms with E-state index in [1.165, 1.54) is 0 Å². The average Bonchev–Trinajstić information content (AvgIpc) is 3.28. The number of rotatable bonds is 3. The molecule has 1 aliphatic rings. The smallest absolute Gasteiger partial charge is 0.275 e. The monoisotopic (exact) mass is 455 g/mol. The lowest BCUT2D eigenvalue weighted by atomic mass is 10.1. The molecule has 4 aromatic rings. The molecule has 31 heavy (non-hydrogen) atoms. The Morgan fingerprint density at radius 1 is 1.10 bits per heavy atom. The fourth-order valence-corrected chi connectivity index (χ4v) is 4.86. The Kier molecular flexibility index (Phi) is 4.68. The molecule has 0 atom stereocenters. The van der Waals surface area contributed by atoms with Gasteiger partial charge in [0.1, 0.15) is 11.4 Å². The lowest BCUT2D eigenvalue weighted by Crippen LogP contribution is -2.44. The molecule has 3 aromatic heterocycles. The van der Waals surface area contributed by atoms with Gasteiger partial charge in [-0.05, 0) is 36.8 Å². The van der Waals surface area contributed by atoms with E-state index in [2.05, 4.69) is 4.98 Å². The minimum absolute atomic E-state index is 0.179. The van der Waals surface area contributed by atoms with Crippen LogP contribution in [0, 0.1) is 6.92 Å². The summed E-state index contributed by atoms with van der Waals surface area (Å²) in [6.07, 6.45) is 5.36. The van der Waals surface area contributed by atoms with Gasteiger partial charge >= 0.3 is 0 Å². The molecule has 4 heterocycles. The number of amides is 1. The SMILES string of the molecule is Cc1cn(-c2ccc3n(c2=O)CCN(Cc2cn(C)c4c(Cl)cc(Cl)cc24)C3=O)cn1. The van der Waals surface area contributed by atoms with Gasteiger partial charge in [0.05, 0.1) is 22.6 Å². The first kappa shape index (κ1) is 19.9. The van der Waals surface area contributed by atoms with E-state index < -0.39 is 0 Å². The number of aryl methyl sites for hydroxylation is 2. The lowest BCUT2D eigenvalue weighted by Gasteiger charge is -2.29. The van der Waals surface area contributed by atoms with E-state index in [-0.39, 0.29) is 11.5 Å². The molecule has 0 aliphatic carbocycles. The van der Waals surface area contributed by atoms with Crippen molar-refractivity contribution in [2.24, 2.45) is 7.05 Å². The molecule has 158 valence electrons. The number of hydrogen-bond donors (Lipinski definition) is 0. The number of halogens is 2. The summed E-state index contributed by atoms with van der Waals surface area (Å²) in [5.41, 5.74) is 3.31. The van der Waals surface area contributed by atoms with Gasteiger partial charge in [-0.25, -0.2) is 4.98 Å². The third-order valence-corrected chi connectivity index (χ3v) is 6.19. The fraction of sp³-hybridized carbons (Fsp3) is 0.227. The normalized spacial score (nSPS) is 13.8. The van der Waals surface area contributed by atoms with E-state index in [0.29, 0.717) is 41.1 Å². The summed E-state index contributed by atoms with van der Waals surface area (Å²) < 4.78 is 5.17. The van der Waals surface area contributed by atoms with Crippen molar-refractivity contribution in [3.05, 3.63) is 80.3 Å². The molecule has 0 fully saturated rings. The van der Waals surface area contributed by atoms with Crippen molar-refractivity contribution in [3.63, 3.8) is 0 Å². The van der Waals surface area contributed by atoms with Crippen LogP contribution in [0.5, 0.6) is 0 Å². The Labute approximate surface area is 188 Å². The molecule has 0 N–H and O–H groups in total.